The molecule has 1 N–H and O–H groups in total. The Bertz CT molecular complexity index is 741. The Balaban J connectivity index is 1.57. The summed E-state index contributed by atoms with van der Waals surface area (Å²) in [4.78, 5) is 28.4. The molecule has 2 aromatic rings. The van der Waals surface area contributed by atoms with E-state index in [0.717, 1.165) is 0 Å². The predicted octanol–water partition coefficient (Wildman–Crippen LogP) is 2.69. The number of nitrogens with one attached hydrogen (secondary N) is 1. The number of piperazine rings is 1. The Hall–Kier alpha value is -3.02. The zero-order valence-corrected chi connectivity index (χ0v) is 14.1. The molecule has 0 aromatic heterocycles. The minimum absolute atomic E-state index is 0.00499. The first-order valence-electron chi connectivity index (χ1n) is 8.22. The molecule has 1 saturated heterocycles. The number of rotatable bonds is 3. The molecule has 0 saturated carbocycles. The molecule has 1 aliphatic heterocycles. The molecule has 0 bridgehead atoms. The van der Waals surface area contributed by atoms with Crippen molar-refractivity contribution >= 4 is 17.6 Å². The SMILES string of the molecule is COc1ccccc1NC(=O)N1CCN(C(=O)c2ccccc2)CC1. The van der Waals surface area contributed by atoms with Crippen molar-refractivity contribution in [2.45, 2.75) is 0 Å². The van der Waals surface area contributed by atoms with E-state index >= 15 is 0 Å². The number of hydrogen-bond acceptors (Lipinski definition) is 3. The largest absolute Gasteiger partial charge is 0.495 e. The standard InChI is InChI=1S/C19H21N3O3/c1-25-17-10-6-5-9-16(17)20-19(24)22-13-11-21(12-14-22)18(23)15-7-3-2-4-8-15/h2-10H,11-14H2,1H3,(H,20,24). The molecule has 3 amide bonds. The van der Waals surface area contributed by atoms with Crippen LogP contribution in [0.1, 0.15) is 10.4 Å². The van der Waals surface area contributed by atoms with Gasteiger partial charge in [-0.1, -0.05) is 30.3 Å². The smallest absolute Gasteiger partial charge is 0.322 e. The Morgan fingerprint density at radius 3 is 2.16 bits per heavy atom. The third-order valence-electron chi connectivity index (χ3n) is 4.22. The van der Waals surface area contributed by atoms with Crippen LogP contribution >= 0.6 is 0 Å². The Kier molecular flexibility index (Phi) is 5.18. The highest BCUT2D eigenvalue weighted by molar-refractivity contribution is 5.95. The third-order valence-corrected chi connectivity index (χ3v) is 4.22. The van der Waals surface area contributed by atoms with E-state index in [2.05, 4.69) is 5.32 Å². The molecule has 1 fully saturated rings. The molecular formula is C19H21N3O3. The molecule has 0 unspecified atom stereocenters. The number of amides is 3. The number of carbonyl (C=O) groups is 2. The van der Waals surface area contributed by atoms with Gasteiger partial charge in [0.15, 0.2) is 0 Å². The van der Waals surface area contributed by atoms with Crippen molar-refractivity contribution in [3.8, 4) is 5.75 Å². The van der Waals surface area contributed by atoms with Crippen LogP contribution in [0.2, 0.25) is 0 Å². The zero-order valence-electron chi connectivity index (χ0n) is 14.1. The first-order chi connectivity index (χ1) is 12.2. The van der Waals surface area contributed by atoms with Gasteiger partial charge in [-0.25, -0.2) is 4.79 Å². The number of anilines is 1. The van der Waals surface area contributed by atoms with E-state index in [4.69, 9.17) is 4.74 Å². The fourth-order valence-corrected chi connectivity index (χ4v) is 2.82. The number of nitrogens with zero attached hydrogens (tertiary/aromatic N) is 2. The van der Waals surface area contributed by atoms with Crippen molar-refractivity contribution in [3.05, 3.63) is 60.2 Å². The van der Waals surface area contributed by atoms with Crippen LogP contribution in [-0.2, 0) is 0 Å². The van der Waals surface area contributed by atoms with E-state index in [-0.39, 0.29) is 11.9 Å². The van der Waals surface area contributed by atoms with E-state index in [1.165, 1.54) is 0 Å². The molecular weight excluding hydrogens is 318 g/mol. The summed E-state index contributed by atoms with van der Waals surface area (Å²) in [7, 11) is 1.57. The van der Waals surface area contributed by atoms with E-state index in [1.54, 1.807) is 29.0 Å². The quantitative estimate of drug-likeness (QED) is 0.935. The van der Waals surface area contributed by atoms with Gasteiger partial charge in [0, 0.05) is 31.7 Å². The lowest BCUT2D eigenvalue weighted by Crippen LogP contribution is -2.51. The van der Waals surface area contributed by atoms with Crippen molar-refractivity contribution in [3.63, 3.8) is 0 Å². The number of benzene rings is 2. The second-order valence-corrected chi connectivity index (χ2v) is 5.78. The minimum atomic E-state index is -0.184. The predicted molar refractivity (Wildman–Crippen MR) is 95.9 cm³/mol. The van der Waals surface area contributed by atoms with Crippen LogP contribution < -0.4 is 10.1 Å². The normalized spacial score (nSPS) is 14.1. The zero-order chi connectivity index (χ0) is 17.6. The number of urea groups is 1. The van der Waals surface area contributed by atoms with E-state index in [1.807, 2.05) is 42.5 Å². The molecule has 3 rings (SSSR count). The van der Waals surface area contributed by atoms with Crippen LogP contribution in [0.15, 0.2) is 54.6 Å². The lowest BCUT2D eigenvalue weighted by molar-refractivity contribution is 0.0671. The van der Waals surface area contributed by atoms with E-state index < -0.39 is 0 Å². The maximum absolute atomic E-state index is 12.4. The summed E-state index contributed by atoms with van der Waals surface area (Å²) in [6, 6.07) is 16.3. The molecule has 1 heterocycles. The van der Waals surface area contributed by atoms with Gasteiger partial charge in [0.05, 0.1) is 12.8 Å². The monoisotopic (exact) mass is 339 g/mol. The number of ether oxygens (including phenoxy) is 1. The van der Waals surface area contributed by atoms with Gasteiger partial charge >= 0.3 is 6.03 Å². The second kappa shape index (κ2) is 7.70. The van der Waals surface area contributed by atoms with Crippen LogP contribution in [0.25, 0.3) is 0 Å². The minimum Gasteiger partial charge on any atom is -0.495 e. The molecule has 0 spiro atoms. The van der Waals surface area contributed by atoms with Crippen molar-refractivity contribution in [2.24, 2.45) is 0 Å². The van der Waals surface area contributed by atoms with E-state index in [0.29, 0.717) is 43.2 Å². The number of methoxy groups -OCH3 is 1. The lowest BCUT2D eigenvalue weighted by atomic mass is 10.2. The molecule has 6 nitrogen and oxygen atoms in total. The van der Waals surface area contributed by atoms with Gasteiger partial charge in [0.25, 0.3) is 5.91 Å². The average Bonchev–Trinajstić information content (AvgIpc) is 2.68. The highest BCUT2D eigenvalue weighted by atomic mass is 16.5. The van der Waals surface area contributed by atoms with Gasteiger partial charge in [-0.15, -0.1) is 0 Å². The number of para-hydroxylation sites is 2. The number of carbonyl (C=O) groups excluding carboxylic acids is 2. The molecule has 6 heteroatoms. The Labute approximate surface area is 147 Å². The van der Waals surface area contributed by atoms with Gasteiger partial charge in [0.1, 0.15) is 5.75 Å². The molecule has 0 aliphatic carbocycles. The average molecular weight is 339 g/mol. The Morgan fingerprint density at radius 1 is 0.880 bits per heavy atom. The molecule has 1 aliphatic rings. The first kappa shape index (κ1) is 16.8. The van der Waals surface area contributed by atoms with Crippen LogP contribution in [0, 0.1) is 0 Å². The number of hydrogen-bond donors (Lipinski definition) is 1. The van der Waals surface area contributed by atoms with Crippen molar-refractivity contribution < 1.29 is 14.3 Å². The molecule has 0 radical (unpaired) electrons. The first-order valence-corrected chi connectivity index (χ1v) is 8.22. The summed E-state index contributed by atoms with van der Waals surface area (Å²) in [6.07, 6.45) is 0. The van der Waals surface area contributed by atoms with Gasteiger partial charge in [-0.3, -0.25) is 4.79 Å². The summed E-state index contributed by atoms with van der Waals surface area (Å²) >= 11 is 0. The van der Waals surface area contributed by atoms with Crippen molar-refractivity contribution in [2.75, 3.05) is 38.6 Å². The highest BCUT2D eigenvalue weighted by Crippen LogP contribution is 2.23. The summed E-state index contributed by atoms with van der Waals surface area (Å²) < 4.78 is 5.24. The van der Waals surface area contributed by atoms with Crippen molar-refractivity contribution in [1.82, 2.24) is 9.80 Å². The van der Waals surface area contributed by atoms with Gasteiger partial charge < -0.3 is 19.9 Å². The molecule has 130 valence electrons. The van der Waals surface area contributed by atoms with Gasteiger partial charge in [0.2, 0.25) is 0 Å². The van der Waals surface area contributed by atoms with Gasteiger partial charge in [-0.05, 0) is 24.3 Å². The van der Waals surface area contributed by atoms with Crippen LogP contribution in [0.4, 0.5) is 10.5 Å². The van der Waals surface area contributed by atoms with Crippen LogP contribution in [-0.4, -0.2) is 55.0 Å². The van der Waals surface area contributed by atoms with Crippen LogP contribution in [0.5, 0.6) is 5.75 Å². The summed E-state index contributed by atoms with van der Waals surface area (Å²) in [5.74, 6) is 0.624. The topological polar surface area (TPSA) is 61.9 Å². The maximum Gasteiger partial charge on any atom is 0.322 e. The van der Waals surface area contributed by atoms with Crippen molar-refractivity contribution in [1.29, 1.82) is 0 Å². The third kappa shape index (κ3) is 3.91. The molecule has 2 aromatic carbocycles. The molecule has 0 atom stereocenters. The summed E-state index contributed by atoms with van der Waals surface area (Å²) in [5.41, 5.74) is 1.31. The Morgan fingerprint density at radius 2 is 1.48 bits per heavy atom. The fourth-order valence-electron chi connectivity index (χ4n) is 2.82. The van der Waals surface area contributed by atoms with Gasteiger partial charge in [-0.2, -0.15) is 0 Å². The second-order valence-electron chi connectivity index (χ2n) is 5.78. The molecule has 25 heavy (non-hydrogen) atoms. The summed E-state index contributed by atoms with van der Waals surface area (Å²) in [5, 5.41) is 2.87. The maximum atomic E-state index is 12.4. The van der Waals surface area contributed by atoms with Crippen LogP contribution in [0.3, 0.4) is 0 Å². The summed E-state index contributed by atoms with van der Waals surface area (Å²) in [6.45, 7) is 2.04. The fraction of sp³-hybridized carbons (Fsp3) is 0.263. The highest BCUT2D eigenvalue weighted by Gasteiger charge is 2.25. The lowest BCUT2D eigenvalue weighted by Gasteiger charge is -2.34. The van der Waals surface area contributed by atoms with E-state index in [9.17, 15) is 9.59 Å².